The number of ether oxygens (including phenoxy) is 1. The summed E-state index contributed by atoms with van der Waals surface area (Å²) in [6.45, 7) is 3.89. The molecule has 1 saturated heterocycles. The van der Waals surface area contributed by atoms with Crippen LogP contribution in [0.2, 0.25) is 0 Å². The summed E-state index contributed by atoms with van der Waals surface area (Å²) in [5.41, 5.74) is 3.75. The zero-order chi connectivity index (χ0) is 24.7. The first-order valence-corrected chi connectivity index (χ1v) is 11.4. The average Bonchev–Trinajstić information content (AvgIpc) is 3.15. The minimum atomic E-state index is -0.808. The van der Waals surface area contributed by atoms with Gasteiger partial charge in [-0.2, -0.15) is 0 Å². The summed E-state index contributed by atoms with van der Waals surface area (Å²) in [6.07, 6.45) is 0. The first-order valence-electron chi connectivity index (χ1n) is 11.4. The van der Waals surface area contributed by atoms with Gasteiger partial charge in [-0.05, 0) is 65.6 Å². The Hall–Kier alpha value is -4.38. The highest BCUT2D eigenvalue weighted by Gasteiger charge is 2.47. The lowest BCUT2D eigenvalue weighted by atomic mass is 9.94. The minimum Gasteiger partial charge on any atom is -0.507 e. The molecule has 0 spiro atoms. The molecule has 5 nitrogen and oxygen atoms in total. The highest BCUT2D eigenvalue weighted by molar-refractivity contribution is 6.51. The number of amides is 1. The fourth-order valence-electron chi connectivity index (χ4n) is 4.70. The Morgan fingerprint density at radius 3 is 2.37 bits per heavy atom. The van der Waals surface area contributed by atoms with Crippen LogP contribution in [-0.4, -0.2) is 23.9 Å². The summed E-state index contributed by atoms with van der Waals surface area (Å²) < 4.78 is 5.41. The zero-order valence-electron chi connectivity index (χ0n) is 19.8. The normalized spacial score (nSPS) is 17.2. The molecule has 1 N–H and O–H groups in total. The second-order valence-electron chi connectivity index (χ2n) is 8.73. The van der Waals surface area contributed by atoms with Crippen LogP contribution >= 0.6 is 0 Å². The number of nitrogens with zero attached hydrogens (tertiary/aromatic N) is 1. The molecule has 1 atom stereocenters. The van der Waals surface area contributed by atoms with Crippen molar-refractivity contribution in [2.75, 3.05) is 12.0 Å². The second kappa shape index (κ2) is 8.76. The van der Waals surface area contributed by atoms with E-state index in [0.29, 0.717) is 22.6 Å². The maximum atomic E-state index is 13.5. The lowest BCUT2D eigenvalue weighted by Crippen LogP contribution is -2.30. The minimum absolute atomic E-state index is 0.0550. The number of aryl methyl sites for hydroxylation is 1. The molecular formula is C30H25NO4. The molecular weight excluding hydrogens is 438 g/mol. The van der Waals surface area contributed by atoms with Crippen molar-refractivity contribution in [2.45, 2.75) is 19.9 Å². The Kier molecular flexibility index (Phi) is 5.61. The van der Waals surface area contributed by atoms with Crippen molar-refractivity contribution in [1.82, 2.24) is 0 Å². The lowest BCUT2D eigenvalue weighted by molar-refractivity contribution is -0.132. The quantitative estimate of drug-likeness (QED) is 0.226. The van der Waals surface area contributed by atoms with Crippen molar-refractivity contribution >= 4 is 33.9 Å². The Morgan fingerprint density at radius 2 is 1.60 bits per heavy atom. The molecule has 0 saturated carbocycles. The number of carbonyl (C=O) groups is 2. The molecule has 1 aliphatic heterocycles. The van der Waals surface area contributed by atoms with Gasteiger partial charge in [0.2, 0.25) is 0 Å². The van der Waals surface area contributed by atoms with E-state index in [1.54, 1.807) is 25.3 Å². The fraction of sp³-hybridized carbons (Fsp3) is 0.133. The number of benzene rings is 4. The molecule has 174 valence electrons. The van der Waals surface area contributed by atoms with E-state index in [4.69, 9.17) is 4.74 Å². The summed E-state index contributed by atoms with van der Waals surface area (Å²) in [4.78, 5) is 28.4. The molecule has 0 bridgehead atoms. The van der Waals surface area contributed by atoms with Crippen molar-refractivity contribution in [1.29, 1.82) is 0 Å². The van der Waals surface area contributed by atoms with E-state index in [0.717, 1.165) is 21.9 Å². The Balaban J connectivity index is 1.76. The summed E-state index contributed by atoms with van der Waals surface area (Å²) in [5.74, 6) is -0.993. The van der Waals surface area contributed by atoms with Gasteiger partial charge < -0.3 is 9.84 Å². The first kappa shape index (κ1) is 22.4. The predicted octanol–water partition coefficient (Wildman–Crippen LogP) is 6.09. The first-order chi connectivity index (χ1) is 16.9. The van der Waals surface area contributed by atoms with E-state index < -0.39 is 17.7 Å². The number of methoxy groups -OCH3 is 1. The summed E-state index contributed by atoms with van der Waals surface area (Å²) in [5, 5.41) is 13.4. The Morgan fingerprint density at radius 1 is 0.857 bits per heavy atom. The number of ketones is 1. The van der Waals surface area contributed by atoms with E-state index in [1.807, 2.05) is 80.6 Å². The van der Waals surface area contributed by atoms with Crippen LogP contribution in [0.25, 0.3) is 16.5 Å². The molecule has 5 heteroatoms. The molecule has 1 unspecified atom stereocenters. The van der Waals surface area contributed by atoms with Gasteiger partial charge in [-0.25, -0.2) is 0 Å². The van der Waals surface area contributed by atoms with E-state index in [-0.39, 0.29) is 11.3 Å². The molecule has 1 heterocycles. The standard InChI is InChI=1S/C30H25NO4/c1-18-8-6-13-25(19(18)2)31-27(22-11-7-12-24(17-22)35-3)26(29(33)30(31)34)28(32)23-15-14-20-9-4-5-10-21(20)16-23/h4-17,27,32H,1-3H3/b28-26-. The van der Waals surface area contributed by atoms with Gasteiger partial charge in [0.1, 0.15) is 11.5 Å². The van der Waals surface area contributed by atoms with Gasteiger partial charge in [0.25, 0.3) is 11.7 Å². The molecule has 4 aromatic rings. The highest BCUT2D eigenvalue weighted by atomic mass is 16.5. The fourth-order valence-corrected chi connectivity index (χ4v) is 4.70. The van der Waals surface area contributed by atoms with Gasteiger partial charge in [-0.15, -0.1) is 0 Å². The topological polar surface area (TPSA) is 66.8 Å². The van der Waals surface area contributed by atoms with Crippen molar-refractivity contribution in [3.63, 3.8) is 0 Å². The molecule has 1 amide bonds. The van der Waals surface area contributed by atoms with E-state index >= 15 is 0 Å². The van der Waals surface area contributed by atoms with Crippen LogP contribution in [0.3, 0.4) is 0 Å². The van der Waals surface area contributed by atoms with E-state index in [2.05, 4.69) is 0 Å². The molecule has 1 aliphatic rings. The Labute approximate surface area is 203 Å². The van der Waals surface area contributed by atoms with Gasteiger partial charge in [-0.3, -0.25) is 14.5 Å². The van der Waals surface area contributed by atoms with Crippen molar-refractivity contribution in [3.05, 3.63) is 113 Å². The van der Waals surface area contributed by atoms with Gasteiger partial charge in [0.15, 0.2) is 0 Å². The second-order valence-corrected chi connectivity index (χ2v) is 8.73. The number of aliphatic hydroxyl groups excluding tert-OH is 1. The average molecular weight is 464 g/mol. The van der Waals surface area contributed by atoms with Crippen LogP contribution in [-0.2, 0) is 9.59 Å². The summed E-state index contributed by atoms with van der Waals surface area (Å²) in [7, 11) is 1.57. The van der Waals surface area contributed by atoms with Crippen molar-refractivity contribution in [3.8, 4) is 5.75 Å². The number of hydrogen-bond donors (Lipinski definition) is 1. The van der Waals surface area contributed by atoms with Crippen LogP contribution in [0, 0.1) is 13.8 Å². The molecule has 4 aromatic carbocycles. The van der Waals surface area contributed by atoms with Gasteiger partial charge >= 0.3 is 0 Å². The molecule has 0 radical (unpaired) electrons. The number of rotatable bonds is 4. The molecule has 0 aliphatic carbocycles. The van der Waals surface area contributed by atoms with Crippen molar-refractivity contribution in [2.24, 2.45) is 0 Å². The third kappa shape index (κ3) is 3.75. The van der Waals surface area contributed by atoms with Crippen LogP contribution in [0.4, 0.5) is 5.69 Å². The maximum Gasteiger partial charge on any atom is 0.300 e. The number of fused-ring (bicyclic) bond motifs is 1. The summed E-state index contributed by atoms with van der Waals surface area (Å²) >= 11 is 0. The van der Waals surface area contributed by atoms with Gasteiger partial charge in [-0.1, -0.05) is 60.7 Å². The van der Waals surface area contributed by atoms with Crippen LogP contribution in [0.15, 0.2) is 90.5 Å². The number of aliphatic hydroxyl groups is 1. The van der Waals surface area contributed by atoms with E-state index in [1.165, 1.54) is 4.90 Å². The summed E-state index contributed by atoms with van der Waals surface area (Å²) in [6, 6.07) is 25.4. The molecule has 35 heavy (non-hydrogen) atoms. The lowest BCUT2D eigenvalue weighted by Gasteiger charge is -2.27. The number of carbonyl (C=O) groups excluding carboxylic acids is 2. The third-order valence-corrected chi connectivity index (χ3v) is 6.71. The molecule has 5 rings (SSSR count). The monoisotopic (exact) mass is 463 g/mol. The number of hydrogen-bond acceptors (Lipinski definition) is 4. The van der Waals surface area contributed by atoms with Crippen LogP contribution < -0.4 is 9.64 Å². The number of anilines is 1. The molecule has 1 fully saturated rings. The largest absolute Gasteiger partial charge is 0.507 e. The van der Waals surface area contributed by atoms with Gasteiger partial charge in [0, 0.05) is 11.3 Å². The van der Waals surface area contributed by atoms with Crippen molar-refractivity contribution < 1.29 is 19.4 Å². The SMILES string of the molecule is COc1cccc(C2/C(=C(/O)c3ccc4ccccc4c3)C(=O)C(=O)N2c2cccc(C)c2C)c1. The smallest absolute Gasteiger partial charge is 0.300 e. The maximum absolute atomic E-state index is 13.5. The Bertz CT molecular complexity index is 1520. The number of Topliss-reactive ketones (excluding diaryl/α,β-unsaturated/α-hetero) is 1. The van der Waals surface area contributed by atoms with Gasteiger partial charge in [0.05, 0.1) is 18.7 Å². The zero-order valence-corrected chi connectivity index (χ0v) is 19.8. The predicted molar refractivity (Wildman–Crippen MR) is 138 cm³/mol. The van der Waals surface area contributed by atoms with Crippen LogP contribution in [0.5, 0.6) is 5.75 Å². The molecule has 0 aromatic heterocycles. The third-order valence-electron chi connectivity index (χ3n) is 6.71. The van der Waals surface area contributed by atoms with Crippen LogP contribution in [0.1, 0.15) is 28.3 Å². The van der Waals surface area contributed by atoms with E-state index in [9.17, 15) is 14.7 Å². The highest BCUT2D eigenvalue weighted by Crippen LogP contribution is 2.44.